The zero-order chi connectivity index (χ0) is 25.3. The van der Waals surface area contributed by atoms with Gasteiger partial charge in [-0.1, -0.05) is 6.07 Å². The van der Waals surface area contributed by atoms with Gasteiger partial charge in [0.2, 0.25) is 15.9 Å². The first-order valence-electron chi connectivity index (χ1n) is 11.5. The molecule has 11 heteroatoms. The summed E-state index contributed by atoms with van der Waals surface area (Å²) in [7, 11) is -3.94. The number of carbonyl (C=O) groups excluding carboxylic acids is 2. The summed E-state index contributed by atoms with van der Waals surface area (Å²) in [4.78, 5) is 27.1. The molecule has 2 amide bonds. The fourth-order valence-electron chi connectivity index (χ4n) is 5.04. The number of amides is 2. The molecule has 1 saturated heterocycles. The topological polar surface area (TPSA) is 136 Å². The highest BCUT2D eigenvalue weighted by molar-refractivity contribution is 7.89. The number of nitrogens with one attached hydrogen (secondary N) is 1. The van der Waals surface area contributed by atoms with Crippen LogP contribution in [0.2, 0.25) is 0 Å². The molecule has 0 saturated carbocycles. The standard InChI is InChI=1S/C24H28F2N4O4S/c25-20-10-14-6-7-18(19(14)11-21(20)26)22(27)12-23(31)30-8-2-4-16(30)13-29-24(32)15-3-1-5-17(9-15)35(28,33)34/h1,3,5,9-11,16,18,22H,2,4,6-8,12-13,27H2,(H,29,32)(H2,28,33,34)/t16-,18-,22-/m0/s1. The summed E-state index contributed by atoms with van der Waals surface area (Å²) in [6, 6.07) is 7.06. The van der Waals surface area contributed by atoms with Crippen LogP contribution in [-0.2, 0) is 21.2 Å². The van der Waals surface area contributed by atoms with Gasteiger partial charge in [-0.25, -0.2) is 22.3 Å². The molecule has 1 fully saturated rings. The Kier molecular flexibility index (Phi) is 7.20. The zero-order valence-electron chi connectivity index (χ0n) is 19.0. The van der Waals surface area contributed by atoms with Crippen LogP contribution in [0.4, 0.5) is 8.78 Å². The summed E-state index contributed by atoms with van der Waals surface area (Å²) >= 11 is 0. The minimum Gasteiger partial charge on any atom is -0.350 e. The molecule has 1 heterocycles. The van der Waals surface area contributed by atoms with Gasteiger partial charge in [0.05, 0.1) is 4.90 Å². The Hall–Kier alpha value is -2.89. The van der Waals surface area contributed by atoms with Crippen LogP contribution >= 0.6 is 0 Å². The van der Waals surface area contributed by atoms with E-state index in [0.29, 0.717) is 31.4 Å². The highest BCUT2D eigenvalue weighted by Gasteiger charge is 2.34. The van der Waals surface area contributed by atoms with Crippen molar-refractivity contribution in [2.24, 2.45) is 10.9 Å². The number of benzene rings is 2. The summed E-state index contributed by atoms with van der Waals surface area (Å²) in [6.45, 7) is 0.740. The highest BCUT2D eigenvalue weighted by atomic mass is 32.2. The van der Waals surface area contributed by atoms with E-state index in [0.717, 1.165) is 12.0 Å². The summed E-state index contributed by atoms with van der Waals surface area (Å²) in [5, 5.41) is 7.89. The summed E-state index contributed by atoms with van der Waals surface area (Å²) in [5.74, 6) is -2.65. The molecule has 0 unspecified atom stereocenters. The normalized spacial score (nSPS) is 20.5. The fraction of sp³-hybridized carbons (Fsp3) is 0.417. The number of fused-ring (bicyclic) bond motifs is 1. The van der Waals surface area contributed by atoms with Crippen molar-refractivity contribution in [2.75, 3.05) is 13.1 Å². The summed E-state index contributed by atoms with van der Waals surface area (Å²) in [6.07, 6.45) is 2.76. The molecule has 3 atom stereocenters. The van der Waals surface area contributed by atoms with Crippen molar-refractivity contribution in [1.82, 2.24) is 10.2 Å². The molecular formula is C24H28F2N4O4S. The number of likely N-dealkylation sites (tertiary alicyclic amines) is 1. The van der Waals surface area contributed by atoms with Gasteiger partial charge in [-0.15, -0.1) is 0 Å². The monoisotopic (exact) mass is 506 g/mol. The second-order valence-corrected chi connectivity index (χ2v) is 10.7. The molecule has 4 rings (SSSR count). The first-order chi connectivity index (χ1) is 16.5. The smallest absolute Gasteiger partial charge is 0.251 e. The maximum absolute atomic E-state index is 13.8. The van der Waals surface area contributed by atoms with E-state index in [-0.39, 0.29) is 41.3 Å². The number of hydrogen-bond acceptors (Lipinski definition) is 5. The molecule has 0 aromatic heterocycles. The Labute approximate surface area is 202 Å². The van der Waals surface area contributed by atoms with E-state index >= 15 is 0 Å². The Bertz CT molecular complexity index is 1250. The Morgan fingerprint density at radius 1 is 1.14 bits per heavy atom. The van der Waals surface area contributed by atoms with Crippen LogP contribution in [0.25, 0.3) is 0 Å². The third-order valence-electron chi connectivity index (χ3n) is 6.85. The molecule has 0 spiro atoms. The van der Waals surface area contributed by atoms with Crippen LogP contribution in [-0.4, -0.2) is 50.3 Å². The van der Waals surface area contributed by atoms with E-state index in [1.807, 2.05) is 0 Å². The van der Waals surface area contributed by atoms with Gasteiger partial charge in [0.25, 0.3) is 5.91 Å². The van der Waals surface area contributed by atoms with Gasteiger partial charge >= 0.3 is 0 Å². The van der Waals surface area contributed by atoms with Crippen molar-refractivity contribution in [3.63, 3.8) is 0 Å². The predicted molar refractivity (Wildman–Crippen MR) is 125 cm³/mol. The van der Waals surface area contributed by atoms with Crippen LogP contribution in [0.15, 0.2) is 41.3 Å². The second kappa shape index (κ2) is 10.00. The van der Waals surface area contributed by atoms with Crippen molar-refractivity contribution in [3.05, 3.63) is 64.7 Å². The molecule has 35 heavy (non-hydrogen) atoms. The van der Waals surface area contributed by atoms with Crippen molar-refractivity contribution in [2.45, 2.75) is 55.0 Å². The molecule has 8 nitrogen and oxygen atoms in total. The van der Waals surface area contributed by atoms with Crippen molar-refractivity contribution < 1.29 is 26.8 Å². The van der Waals surface area contributed by atoms with E-state index in [2.05, 4.69) is 5.32 Å². The van der Waals surface area contributed by atoms with Gasteiger partial charge in [-0.2, -0.15) is 0 Å². The Morgan fingerprint density at radius 2 is 1.89 bits per heavy atom. The summed E-state index contributed by atoms with van der Waals surface area (Å²) < 4.78 is 50.4. The average molecular weight is 507 g/mol. The highest BCUT2D eigenvalue weighted by Crippen LogP contribution is 2.37. The van der Waals surface area contributed by atoms with Crippen LogP contribution in [0.5, 0.6) is 0 Å². The molecule has 1 aliphatic heterocycles. The third kappa shape index (κ3) is 5.52. The van der Waals surface area contributed by atoms with E-state index in [9.17, 15) is 26.8 Å². The minimum absolute atomic E-state index is 0.0595. The molecule has 188 valence electrons. The lowest BCUT2D eigenvalue weighted by atomic mass is 9.91. The number of sulfonamides is 1. The molecule has 0 bridgehead atoms. The van der Waals surface area contributed by atoms with Gasteiger partial charge in [0.15, 0.2) is 11.6 Å². The molecule has 2 aromatic carbocycles. The zero-order valence-corrected chi connectivity index (χ0v) is 19.9. The molecular weight excluding hydrogens is 478 g/mol. The van der Waals surface area contributed by atoms with Crippen molar-refractivity contribution >= 4 is 21.8 Å². The number of hydrogen-bond donors (Lipinski definition) is 3. The lowest BCUT2D eigenvalue weighted by Crippen LogP contribution is -2.45. The number of primary sulfonamides is 1. The van der Waals surface area contributed by atoms with Crippen molar-refractivity contribution in [3.8, 4) is 0 Å². The summed E-state index contributed by atoms with van der Waals surface area (Å²) in [5.41, 5.74) is 7.89. The first-order valence-corrected chi connectivity index (χ1v) is 13.0. The molecule has 0 radical (unpaired) electrons. The van der Waals surface area contributed by atoms with Gasteiger partial charge in [-0.3, -0.25) is 9.59 Å². The Morgan fingerprint density at radius 3 is 2.63 bits per heavy atom. The number of rotatable bonds is 7. The maximum atomic E-state index is 13.8. The predicted octanol–water partition coefficient (Wildman–Crippen LogP) is 1.78. The van der Waals surface area contributed by atoms with Gasteiger partial charge < -0.3 is 16.0 Å². The minimum atomic E-state index is -3.94. The number of carbonyl (C=O) groups is 2. The first kappa shape index (κ1) is 25.2. The van der Waals surface area contributed by atoms with Crippen molar-refractivity contribution in [1.29, 1.82) is 0 Å². The number of nitrogens with zero attached hydrogens (tertiary/aromatic N) is 1. The van der Waals surface area contributed by atoms with E-state index < -0.39 is 33.6 Å². The Balaban J connectivity index is 1.36. The van der Waals surface area contributed by atoms with Gasteiger partial charge in [0.1, 0.15) is 0 Å². The van der Waals surface area contributed by atoms with E-state index in [4.69, 9.17) is 10.9 Å². The SMILES string of the molecule is N[C@@H](CC(=O)N1CCC[C@H]1CNC(=O)c1cccc(S(N)(=O)=O)c1)[C@H]1CCc2cc(F)c(F)cc21. The van der Waals surface area contributed by atoms with Gasteiger partial charge in [0, 0.05) is 43.1 Å². The fourth-order valence-corrected chi connectivity index (χ4v) is 5.60. The largest absolute Gasteiger partial charge is 0.350 e. The number of aryl methyl sites for hydroxylation is 1. The van der Waals surface area contributed by atoms with E-state index in [1.165, 1.54) is 36.4 Å². The van der Waals surface area contributed by atoms with Crippen LogP contribution in [0.3, 0.4) is 0 Å². The third-order valence-corrected chi connectivity index (χ3v) is 7.76. The second-order valence-electron chi connectivity index (χ2n) is 9.14. The quantitative estimate of drug-likeness (QED) is 0.526. The molecule has 2 aliphatic rings. The average Bonchev–Trinajstić information content (AvgIpc) is 3.44. The number of halogens is 2. The van der Waals surface area contributed by atoms with Crippen LogP contribution in [0, 0.1) is 11.6 Å². The maximum Gasteiger partial charge on any atom is 0.251 e. The molecule has 1 aliphatic carbocycles. The van der Waals surface area contributed by atoms with E-state index in [1.54, 1.807) is 4.90 Å². The lowest BCUT2D eigenvalue weighted by molar-refractivity contribution is -0.132. The lowest BCUT2D eigenvalue weighted by Gasteiger charge is -2.28. The molecule has 5 N–H and O–H groups in total. The van der Waals surface area contributed by atoms with Crippen LogP contribution in [0.1, 0.15) is 53.1 Å². The number of nitrogens with two attached hydrogens (primary N) is 2. The van der Waals surface area contributed by atoms with Gasteiger partial charge in [-0.05, 0) is 67.1 Å². The molecule has 2 aromatic rings. The van der Waals surface area contributed by atoms with Crippen LogP contribution < -0.4 is 16.2 Å².